The van der Waals surface area contributed by atoms with Crippen molar-refractivity contribution in [1.29, 1.82) is 0 Å². The van der Waals surface area contributed by atoms with Gasteiger partial charge in [-0.3, -0.25) is 4.79 Å². The quantitative estimate of drug-likeness (QED) is 0.368. The standard InChI is InChI=1S/C21H23ClO3/c1-16-10-12-17(13-11-16)15-20(25-18-7-4-3-5-8-18)19(9-6-14-22)21(23)24-2/h3-5,7-8,10-13,15,19H,6,9,14H2,1-2H3/b20-15-. The van der Waals surface area contributed by atoms with Crippen molar-refractivity contribution in [2.75, 3.05) is 13.0 Å². The molecule has 0 bridgehead atoms. The molecule has 0 amide bonds. The summed E-state index contributed by atoms with van der Waals surface area (Å²) in [6.45, 7) is 2.03. The number of benzene rings is 2. The predicted octanol–water partition coefficient (Wildman–Crippen LogP) is 5.22. The lowest BCUT2D eigenvalue weighted by molar-refractivity contribution is -0.145. The maximum absolute atomic E-state index is 12.3. The van der Waals surface area contributed by atoms with Gasteiger partial charge in [0, 0.05) is 5.88 Å². The lowest BCUT2D eigenvalue weighted by atomic mass is 9.99. The predicted molar refractivity (Wildman–Crippen MR) is 102 cm³/mol. The Morgan fingerprint density at radius 2 is 1.80 bits per heavy atom. The van der Waals surface area contributed by atoms with Gasteiger partial charge in [-0.05, 0) is 43.5 Å². The fourth-order valence-electron chi connectivity index (χ4n) is 2.45. The summed E-state index contributed by atoms with van der Waals surface area (Å²) in [5.74, 6) is 0.911. The van der Waals surface area contributed by atoms with Gasteiger partial charge in [0.15, 0.2) is 0 Å². The fourth-order valence-corrected chi connectivity index (χ4v) is 2.61. The molecule has 25 heavy (non-hydrogen) atoms. The molecule has 0 aromatic heterocycles. The molecule has 0 spiro atoms. The number of esters is 1. The van der Waals surface area contributed by atoms with Crippen LogP contribution in [0.4, 0.5) is 0 Å². The highest BCUT2D eigenvalue weighted by molar-refractivity contribution is 6.17. The molecule has 4 heteroatoms. The molecule has 1 unspecified atom stereocenters. The van der Waals surface area contributed by atoms with Crippen LogP contribution in [0.3, 0.4) is 0 Å². The molecule has 0 aliphatic carbocycles. The third kappa shape index (κ3) is 5.95. The lowest BCUT2D eigenvalue weighted by Gasteiger charge is -2.19. The van der Waals surface area contributed by atoms with Gasteiger partial charge in [0.25, 0.3) is 0 Å². The molecule has 0 saturated heterocycles. The van der Waals surface area contributed by atoms with Gasteiger partial charge in [0.2, 0.25) is 0 Å². The largest absolute Gasteiger partial charge is 0.468 e. The molecule has 2 aromatic rings. The topological polar surface area (TPSA) is 35.5 Å². The first-order valence-corrected chi connectivity index (χ1v) is 8.82. The van der Waals surface area contributed by atoms with Crippen molar-refractivity contribution in [2.24, 2.45) is 5.92 Å². The van der Waals surface area contributed by atoms with Gasteiger partial charge >= 0.3 is 5.97 Å². The molecule has 2 rings (SSSR count). The fraction of sp³-hybridized carbons (Fsp3) is 0.286. The van der Waals surface area contributed by atoms with Crippen LogP contribution >= 0.6 is 11.6 Å². The average Bonchev–Trinajstić information content (AvgIpc) is 2.64. The first-order chi connectivity index (χ1) is 12.1. The second-order valence-electron chi connectivity index (χ2n) is 5.78. The molecule has 2 aromatic carbocycles. The summed E-state index contributed by atoms with van der Waals surface area (Å²) in [5, 5.41) is 0. The van der Waals surface area contributed by atoms with Crippen LogP contribution in [0.5, 0.6) is 5.75 Å². The Balaban J connectivity index is 2.37. The minimum atomic E-state index is -0.495. The van der Waals surface area contributed by atoms with Crippen LogP contribution in [-0.2, 0) is 9.53 Å². The number of ether oxygens (including phenoxy) is 2. The molecule has 0 aliphatic heterocycles. The van der Waals surface area contributed by atoms with Crippen LogP contribution < -0.4 is 4.74 Å². The van der Waals surface area contributed by atoms with Crippen molar-refractivity contribution in [3.8, 4) is 5.75 Å². The maximum atomic E-state index is 12.3. The third-order valence-corrected chi connectivity index (χ3v) is 4.09. The maximum Gasteiger partial charge on any atom is 0.316 e. The summed E-state index contributed by atoms with van der Waals surface area (Å²) in [4.78, 5) is 12.3. The van der Waals surface area contributed by atoms with E-state index in [9.17, 15) is 4.79 Å². The molecular weight excluding hydrogens is 336 g/mol. The van der Waals surface area contributed by atoms with Crippen LogP contribution in [0, 0.1) is 12.8 Å². The second-order valence-corrected chi connectivity index (χ2v) is 6.16. The summed E-state index contributed by atoms with van der Waals surface area (Å²) >= 11 is 5.82. The van der Waals surface area contributed by atoms with E-state index in [1.165, 1.54) is 12.7 Å². The number of aryl methyl sites for hydroxylation is 1. The molecule has 0 heterocycles. The van der Waals surface area contributed by atoms with Crippen molar-refractivity contribution in [3.05, 3.63) is 71.5 Å². The number of methoxy groups -OCH3 is 1. The van der Waals surface area contributed by atoms with Crippen LogP contribution in [0.15, 0.2) is 60.4 Å². The van der Waals surface area contributed by atoms with Gasteiger partial charge in [-0.2, -0.15) is 0 Å². The first kappa shape index (κ1) is 19.1. The van der Waals surface area contributed by atoms with Crippen LogP contribution in [0.1, 0.15) is 24.0 Å². The van der Waals surface area contributed by atoms with Gasteiger partial charge < -0.3 is 9.47 Å². The smallest absolute Gasteiger partial charge is 0.316 e. The third-order valence-electron chi connectivity index (χ3n) is 3.82. The lowest BCUT2D eigenvalue weighted by Crippen LogP contribution is -2.22. The van der Waals surface area contributed by atoms with E-state index in [-0.39, 0.29) is 5.97 Å². The van der Waals surface area contributed by atoms with E-state index < -0.39 is 5.92 Å². The zero-order chi connectivity index (χ0) is 18.1. The van der Waals surface area contributed by atoms with Gasteiger partial charge in [0.05, 0.1) is 7.11 Å². The molecule has 0 radical (unpaired) electrons. The Labute approximate surface area is 154 Å². The van der Waals surface area contributed by atoms with Crippen LogP contribution in [-0.4, -0.2) is 19.0 Å². The van der Waals surface area contributed by atoms with Crippen molar-refractivity contribution in [2.45, 2.75) is 19.8 Å². The molecule has 3 nitrogen and oxygen atoms in total. The number of hydrogen-bond donors (Lipinski definition) is 0. The average molecular weight is 359 g/mol. The number of rotatable bonds is 8. The van der Waals surface area contributed by atoms with Crippen molar-refractivity contribution in [3.63, 3.8) is 0 Å². The Bertz CT molecular complexity index is 693. The number of alkyl halides is 1. The molecule has 0 aliphatic rings. The minimum Gasteiger partial charge on any atom is -0.468 e. The van der Waals surface area contributed by atoms with E-state index in [4.69, 9.17) is 21.1 Å². The Morgan fingerprint density at radius 3 is 2.40 bits per heavy atom. The van der Waals surface area contributed by atoms with Gasteiger partial charge in [-0.1, -0.05) is 48.0 Å². The van der Waals surface area contributed by atoms with Gasteiger partial charge in [0.1, 0.15) is 17.4 Å². The Kier molecular flexibility index (Phi) is 7.55. The Hall–Kier alpha value is -2.26. The highest BCUT2D eigenvalue weighted by Gasteiger charge is 2.25. The van der Waals surface area contributed by atoms with E-state index in [0.717, 1.165) is 5.56 Å². The van der Waals surface area contributed by atoms with Crippen molar-refractivity contribution >= 4 is 23.6 Å². The summed E-state index contributed by atoms with van der Waals surface area (Å²) in [6.07, 6.45) is 3.16. The summed E-state index contributed by atoms with van der Waals surface area (Å²) in [5.41, 5.74) is 2.14. The second kappa shape index (κ2) is 9.90. The number of carbonyl (C=O) groups is 1. The van der Waals surface area contributed by atoms with Crippen LogP contribution in [0.2, 0.25) is 0 Å². The zero-order valence-electron chi connectivity index (χ0n) is 14.6. The van der Waals surface area contributed by atoms with E-state index in [2.05, 4.69) is 0 Å². The van der Waals surface area contributed by atoms with Crippen molar-refractivity contribution in [1.82, 2.24) is 0 Å². The van der Waals surface area contributed by atoms with E-state index in [1.807, 2.05) is 67.6 Å². The van der Waals surface area contributed by atoms with Gasteiger partial charge in [-0.25, -0.2) is 0 Å². The minimum absolute atomic E-state index is 0.320. The van der Waals surface area contributed by atoms with E-state index in [1.54, 1.807) is 0 Å². The molecule has 132 valence electrons. The summed E-state index contributed by atoms with van der Waals surface area (Å²) in [6, 6.07) is 17.5. The molecule has 0 saturated carbocycles. The first-order valence-electron chi connectivity index (χ1n) is 8.29. The van der Waals surface area contributed by atoms with E-state index >= 15 is 0 Å². The highest BCUT2D eigenvalue weighted by Crippen LogP contribution is 2.26. The molecule has 0 N–H and O–H groups in total. The number of carbonyl (C=O) groups excluding carboxylic acids is 1. The molecule has 1 atom stereocenters. The summed E-state index contributed by atoms with van der Waals surface area (Å²) < 4.78 is 11.0. The van der Waals surface area contributed by atoms with Crippen molar-refractivity contribution < 1.29 is 14.3 Å². The molecule has 0 fully saturated rings. The number of hydrogen-bond acceptors (Lipinski definition) is 3. The van der Waals surface area contributed by atoms with Crippen LogP contribution in [0.25, 0.3) is 6.08 Å². The normalized spacial score (nSPS) is 12.5. The summed E-state index contributed by atoms with van der Waals surface area (Å²) in [7, 11) is 1.39. The Morgan fingerprint density at radius 1 is 1.12 bits per heavy atom. The number of para-hydroxylation sites is 1. The monoisotopic (exact) mass is 358 g/mol. The zero-order valence-corrected chi connectivity index (χ0v) is 15.3. The highest BCUT2D eigenvalue weighted by atomic mass is 35.5. The SMILES string of the molecule is COC(=O)C(CCCCl)/C(=C/c1ccc(C)cc1)Oc1ccccc1. The van der Waals surface area contributed by atoms with Gasteiger partial charge in [-0.15, -0.1) is 11.6 Å². The van der Waals surface area contributed by atoms with E-state index in [0.29, 0.717) is 30.2 Å². The molecular formula is C21H23ClO3. The number of halogens is 1.